The molecule has 0 aromatic heterocycles. The van der Waals surface area contributed by atoms with E-state index >= 15 is 0 Å². The zero-order valence-electron chi connectivity index (χ0n) is 11.1. The number of nitrogens with zero attached hydrogens (tertiary/aromatic N) is 3. The van der Waals surface area contributed by atoms with Crippen molar-refractivity contribution in [2.75, 3.05) is 0 Å². The molecule has 0 aliphatic rings. The van der Waals surface area contributed by atoms with E-state index in [-0.39, 0.29) is 5.75 Å². The highest BCUT2D eigenvalue weighted by Gasteiger charge is 2.05. The molecule has 0 aliphatic carbocycles. The van der Waals surface area contributed by atoms with Crippen LogP contribution in [0.3, 0.4) is 0 Å². The highest BCUT2D eigenvalue weighted by molar-refractivity contribution is 5.95. The Balaban J connectivity index is 2.02. The molecule has 0 atom stereocenters. The number of nitrogens with one attached hydrogen (secondary N) is 1. The van der Waals surface area contributed by atoms with E-state index in [4.69, 9.17) is 5.53 Å². The second-order valence-electron chi connectivity index (χ2n) is 4.48. The van der Waals surface area contributed by atoms with Crippen LogP contribution in [0.25, 0.3) is 10.8 Å². The monoisotopic (exact) mass is 276 g/mol. The number of hydrogen-bond acceptors (Lipinski definition) is 5. The van der Waals surface area contributed by atoms with Gasteiger partial charge in [0.2, 0.25) is 0 Å². The molecule has 5 heteroatoms. The molecule has 0 amide bonds. The molecular formula is C16H12N4O. The highest BCUT2D eigenvalue weighted by Crippen LogP contribution is 2.36. The van der Waals surface area contributed by atoms with Gasteiger partial charge in [0.25, 0.3) is 0 Å². The average molecular weight is 276 g/mol. The molecule has 102 valence electrons. The lowest BCUT2D eigenvalue weighted by Crippen LogP contribution is -1.74. The number of aromatic hydroxyl groups is 1. The van der Waals surface area contributed by atoms with Crippen LogP contribution in [0.4, 0.5) is 17.1 Å². The van der Waals surface area contributed by atoms with Crippen molar-refractivity contribution in [1.29, 1.82) is 5.53 Å². The van der Waals surface area contributed by atoms with Crippen LogP contribution in [0.15, 0.2) is 76.0 Å². The van der Waals surface area contributed by atoms with Gasteiger partial charge in [0.15, 0.2) is 0 Å². The van der Waals surface area contributed by atoms with Crippen LogP contribution in [0, 0.1) is 5.53 Å². The average Bonchev–Trinajstić information content (AvgIpc) is 2.54. The Morgan fingerprint density at radius 3 is 2.24 bits per heavy atom. The molecule has 3 rings (SSSR count). The third-order valence-electron chi connectivity index (χ3n) is 3.12. The number of rotatable bonds is 3. The minimum atomic E-state index is 0.0928. The fraction of sp³-hybridized carbons (Fsp3) is 0. The summed E-state index contributed by atoms with van der Waals surface area (Å²) in [5.74, 6) is 0.0928. The summed E-state index contributed by atoms with van der Waals surface area (Å²) in [5, 5.41) is 23.4. The summed E-state index contributed by atoms with van der Waals surface area (Å²) in [4.78, 5) is 0. The third kappa shape index (κ3) is 2.62. The Hall–Kier alpha value is -3.08. The van der Waals surface area contributed by atoms with Gasteiger partial charge in [-0.2, -0.15) is 10.2 Å². The van der Waals surface area contributed by atoms with Gasteiger partial charge in [0.1, 0.15) is 11.4 Å². The first-order valence-electron chi connectivity index (χ1n) is 6.38. The molecule has 0 spiro atoms. The zero-order valence-corrected chi connectivity index (χ0v) is 11.1. The van der Waals surface area contributed by atoms with Gasteiger partial charge in [-0.25, -0.2) is 5.53 Å². The maximum atomic E-state index is 9.98. The first-order valence-corrected chi connectivity index (χ1v) is 6.38. The van der Waals surface area contributed by atoms with Crippen LogP contribution < -0.4 is 0 Å². The largest absolute Gasteiger partial charge is 0.506 e. The zero-order chi connectivity index (χ0) is 14.7. The summed E-state index contributed by atoms with van der Waals surface area (Å²) in [6.45, 7) is 0. The van der Waals surface area contributed by atoms with Crippen molar-refractivity contribution >= 4 is 27.8 Å². The topological polar surface area (TPSA) is 81.2 Å². The molecule has 0 heterocycles. The Bertz CT molecular complexity index is 825. The molecule has 0 radical (unpaired) electrons. The van der Waals surface area contributed by atoms with Crippen LogP contribution in [0.5, 0.6) is 5.75 Å². The lowest BCUT2D eigenvalue weighted by atomic mass is 10.1. The van der Waals surface area contributed by atoms with Gasteiger partial charge in [-0.05, 0) is 35.7 Å². The van der Waals surface area contributed by atoms with Crippen molar-refractivity contribution in [2.45, 2.75) is 0 Å². The minimum Gasteiger partial charge on any atom is -0.506 e. The smallest absolute Gasteiger partial charge is 0.143 e. The van der Waals surface area contributed by atoms with E-state index in [1.807, 2.05) is 30.3 Å². The van der Waals surface area contributed by atoms with E-state index in [1.54, 1.807) is 30.3 Å². The van der Waals surface area contributed by atoms with Gasteiger partial charge in [-0.15, -0.1) is 5.11 Å². The molecule has 0 aliphatic heterocycles. The predicted octanol–water partition coefficient (Wildman–Crippen LogP) is 5.62. The molecule has 3 aromatic carbocycles. The number of phenolic OH excluding ortho intramolecular Hbond substituents is 1. The van der Waals surface area contributed by atoms with Crippen LogP contribution in [-0.4, -0.2) is 5.11 Å². The standard InChI is InChI=1S/C16H12N4O/c17-18-12-6-8-13(9-7-12)19-20-16-14-4-2-1-3-11(14)5-10-15(16)21/h1-10,17,21H. The Morgan fingerprint density at radius 2 is 1.48 bits per heavy atom. The number of hydrogen-bond donors (Lipinski definition) is 2. The quantitative estimate of drug-likeness (QED) is 0.598. The van der Waals surface area contributed by atoms with Crippen LogP contribution in [0.1, 0.15) is 0 Å². The van der Waals surface area contributed by atoms with Crippen molar-refractivity contribution in [3.05, 3.63) is 60.7 Å². The van der Waals surface area contributed by atoms with E-state index in [2.05, 4.69) is 15.3 Å². The summed E-state index contributed by atoms with van der Waals surface area (Å²) >= 11 is 0. The van der Waals surface area contributed by atoms with E-state index in [1.165, 1.54) is 0 Å². The van der Waals surface area contributed by atoms with Gasteiger partial charge in [-0.3, -0.25) is 0 Å². The maximum Gasteiger partial charge on any atom is 0.143 e. The van der Waals surface area contributed by atoms with E-state index < -0.39 is 0 Å². The number of benzene rings is 3. The molecule has 0 bridgehead atoms. The normalized spacial score (nSPS) is 11.0. The van der Waals surface area contributed by atoms with Crippen molar-refractivity contribution in [2.24, 2.45) is 15.3 Å². The fourth-order valence-electron chi connectivity index (χ4n) is 2.05. The van der Waals surface area contributed by atoms with Gasteiger partial charge in [0, 0.05) is 5.39 Å². The lowest BCUT2D eigenvalue weighted by molar-refractivity contribution is 0.477. The highest BCUT2D eigenvalue weighted by atomic mass is 16.3. The number of phenols is 1. The molecule has 0 unspecified atom stereocenters. The molecule has 3 aromatic rings. The Morgan fingerprint density at radius 1 is 0.762 bits per heavy atom. The SMILES string of the molecule is N=Nc1ccc(N=Nc2c(O)ccc3ccccc23)cc1. The molecule has 21 heavy (non-hydrogen) atoms. The second kappa shape index (κ2) is 5.50. The fourth-order valence-corrected chi connectivity index (χ4v) is 2.05. The minimum absolute atomic E-state index is 0.0928. The summed E-state index contributed by atoms with van der Waals surface area (Å²) in [6.07, 6.45) is 0. The molecular weight excluding hydrogens is 264 g/mol. The van der Waals surface area contributed by atoms with E-state index in [0.29, 0.717) is 17.1 Å². The molecule has 0 fully saturated rings. The van der Waals surface area contributed by atoms with E-state index in [9.17, 15) is 5.11 Å². The summed E-state index contributed by atoms with van der Waals surface area (Å²) in [6, 6.07) is 17.9. The van der Waals surface area contributed by atoms with Gasteiger partial charge in [0.05, 0.1) is 11.4 Å². The molecule has 0 saturated carbocycles. The van der Waals surface area contributed by atoms with Crippen molar-refractivity contribution in [3.63, 3.8) is 0 Å². The summed E-state index contributed by atoms with van der Waals surface area (Å²) in [7, 11) is 0. The lowest BCUT2D eigenvalue weighted by Gasteiger charge is -2.03. The molecule has 0 saturated heterocycles. The van der Waals surface area contributed by atoms with Gasteiger partial charge in [-0.1, -0.05) is 30.3 Å². The van der Waals surface area contributed by atoms with Gasteiger partial charge < -0.3 is 5.11 Å². The van der Waals surface area contributed by atoms with Crippen molar-refractivity contribution in [3.8, 4) is 5.75 Å². The summed E-state index contributed by atoms with van der Waals surface area (Å²) in [5.41, 5.74) is 8.54. The van der Waals surface area contributed by atoms with Gasteiger partial charge >= 0.3 is 0 Å². The number of azo groups is 1. The van der Waals surface area contributed by atoms with Crippen molar-refractivity contribution < 1.29 is 5.11 Å². The Labute approximate surface area is 121 Å². The Kier molecular flexibility index (Phi) is 3.39. The second-order valence-corrected chi connectivity index (χ2v) is 4.48. The first-order chi connectivity index (χ1) is 10.3. The first kappa shape index (κ1) is 12.9. The number of fused-ring (bicyclic) bond motifs is 1. The predicted molar refractivity (Wildman–Crippen MR) is 81.0 cm³/mol. The van der Waals surface area contributed by atoms with Crippen LogP contribution >= 0.6 is 0 Å². The molecule has 5 nitrogen and oxygen atoms in total. The third-order valence-corrected chi connectivity index (χ3v) is 3.12. The van der Waals surface area contributed by atoms with E-state index in [0.717, 1.165) is 10.8 Å². The molecule has 2 N–H and O–H groups in total. The van der Waals surface area contributed by atoms with Crippen molar-refractivity contribution in [1.82, 2.24) is 0 Å². The van der Waals surface area contributed by atoms with Crippen LogP contribution in [0.2, 0.25) is 0 Å². The summed E-state index contributed by atoms with van der Waals surface area (Å²) < 4.78 is 0. The maximum absolute atomic E-state index is 9.98. The van der Waals surface area contributed by atoms with Crippen LogP contribution in [-0.2, 0) is 0 Å².